The van der Waals surface area contributed by atoms with E-state index in [1.165, 1.54) is 5.69 Å². The van der Waals surface area contributed by atoms with E-state index in [0.29, 0.717) is 0 Å². The number of benzene rings is 2. The van der Waals surface area contributed by atoms with Gasteiger partial charge in [0.1, 0.15) is 0 Å². The van der Waals surface area contributed by atoms with Crippen LogP contribution in [0.3, 0.4) is 0 Å². The van der Waals surface area contributed by atoms with Crippen LogP contribution in [0.1, 0.15) is 0 Å². The predicted octanol–water partition coefficient (Wildman–Crippen LogP) is 5.86. The van der Waals surface area contributed by atoms with Gasteiger partial charge < -0.3 is 9.88 Å². The summed E-state index contributed by atoms with van der Waals surface area (Å²) >= 11 is 12.9. The van der Waals surface area contributed by atoms with E-state index in [1.807, 2.05) is 38.4 Å². The number of aromatic amines is 1. The molecule has 0 radical (unpaired) electrons. The van der Waals surface area contributed by atoms with Crippen LogP contribution in [0.4, 0.5) is 5.69 Å². The highest BCUT2D eigenvalue weighted by Gasteiger charge is 2.11. The molecule has 22 heavy (non-hydrogen) atoms. The third-order valence-electron chi connectivity index (χ3n) is 3.43. The molecule has 0 aliphatic heterocycles. The minimum atomic E-state index is 0.736. The molecule has 1 N–H and O–H groups in total. The van der Waals surface area contributed by atoms with Gasteiger partial charge in [0.25, 0.3) is 0 Å². The molecule has 0 unspecified atom stereocenters. The molecule has 1 aromatic heterocycles. The summed E-state index contributed by atoms with van der Waals surface area (Å²) in [6, 6.07) is 16.3. The number of nitrogens with one attached hydrogen (secondary N) is 1. The topological polar surface area (TPSA) is 19.0 Å². The number of rotatable bonds is 3. The Morgan fingerprint density at radius 1 is 0.955 bits per heavy atom. The average molecular weight is 347 g/mol. The first kappa shape index (κ1) is 15.3. The molecule has 0 aliphatic carbocycles. The molecule has 0 aliphatic rings. The summed E-state index contributed by atoms with van der Waals surface area (Å²) in [4.78, 5) is 6.53. The second kappa shape index (κ2) is 6.24. The monoisotopic (exact) mass is 346 g/mol. The Kier molecular flexibility index (Phi) is 4.34. The van der Waals surface area contributed by atoms with Gasteiger partial charge in [-0.25, -0.2) is 0 Å². The van der Waals surface area contributed by atoms with Gasteiger partial charge in [-0.1, -0.05) is 35.9 Å². The number of hydrogen-bond acceptors (Lipinski definition) is 3. The van der Waals surface area contributed by atoms with Crippen LogP contribution in [0.2, 0.25) is 5.02 Å². The van der Waals surface area contributed by atoms with E-state index in [1.54, 1.807) is 11.3 Å². The summed E-state index contributed by atoms with van der Waals surface area (Å²) in [6.45, 7) is 0. The minimum Gasteiger partial charge on any atom is -0.378 e. The lowest BCUT2D eigenvalue weighted by molar-refractivity contribution is 1.13. The van der Waals surface area contributed by atoms with Gasteiger partial charge in [-0.05, 0) is 47.6 Å². The molecule has 3 rings (SSSR count). The Balaban J connectivity index is 2.08. The smallest absolute Gasteiger partial charge is 0.159 e. The van der Waals surface area contributed by atoms with Crippen molar-refractivity contribution in [2.24, 2.45) is 0 Å². The first-order chi connectivity index (χ1) is 10.5. The summed E-state index contributed by atoms with van der Waals surface area (Å²) in [7, 11) is 4.07. The predicted molar refractivity (Wildman–Crippen MR) is 99.7 cm³/mol. The molecule has 0 saturated carbocycles. The van der Waals surface area contributed by atoms with Gasteiger partial charge in [0.2, 0.25) is 0 Å². The molecule has 0 fully saturated rings. The van der Waals surface area contributed by atoms with E-state index in [4.69, 9.17) is 23.8 Å². The highest BCUT2D eigenvalue weighted by atomic mass is 35.5. The molecule has 0 saturated heterocycles. The van der Waals surface area contributed by atoms with Crippen LogP contribution in [0.25, 0.3) is 21.7 Å². The number of hydrogen-bond donors (Lipinski definition) is 1. The van der Waals surface area contributed by atoms with E-state index < -0.39 is 0 Å². The first-order valence-electron chi connectivity index (χ1n) is 6.81. The van der Waals surface area contributed by atoms with Gasteiger partial charge in [0, 0.05) is 24.8 Å². The fraction of sp³-hybridized carbons (Fsp3) is 0.118. The number of nitrogens with zero attached hydrogens (tertiary/aromatic N) is 1. The number of aromatic nitrogens is 1. The molecule has 2 aromatic carbocycles. The first-order valence-corrected chi connectivity index (χ1v) is 8.41. The molecule has 0 spiro atoms. The molecule has 1 heterocycles. The number of anilines is 1. The van der Waals surface area contributed by atoms with Crippen LogP contribution in [-0.2, 0) is 0 Å². The van der Waals surface area contributed by atoms with Gasteiger partial charge in [0.05, 0.1) is 10.6 Å². The Labute approximate surface area is 144 Å². The highest BCUT2D eigenvalue weighted by molar-refractivity contribution is 7.73. The second-order valence-electron chi connectivity index (χ2n) is 5.17. The SMILES string of the molecule is CN(C)c1ccc(-c2[nH]c(=S)sc2-c2ccc(Cl)cc2)cc1. The summed E-state index contributed by atoms with van der Waals surface area (Å²) in [5, 5.41) is 0.736. The standard InChI is InChI=1S/C17H15ClN2S2/c1-20(2)14-9-5-11(6-10-14)15-16(22-17(21)19-15)12-3-7-13(18)8-4-12/h3-10H,1-2H3,(H,19,21). The van der Waals surface area contributed by atoms with Gasteiger partial charge >= 0.3 is 0 Å². The van der Waals surface area contributed by atoms with Crippen LogP contribution < -0.4 is 4.90 Å². The maximum absolute atomic E-state index is 5.98. The molecular formula is C17H15ClN2S2. The van der Waals surface area contributed by atoms with Gasteiger partial charge in [0.15, 0.2) is 3.95 Å². The van der Waals surface area contributed by atoms with Gasteiger partial charge in [-0.15, -0.1) is 11.3 Å². The summed E-state index contributed by atoms with van der Waals surface area (Å²) in [5.41, 5.74) is 4.48. The zero-order valence-electron chi connectivity index (χ0n) is 12.3. The lowest BCUT2D eigenvalue weighted by atomic mass is 10.1. The van der Waals surface area contributed by atoms with Crippen LogP contribution >= 0.6 is 35.2 Å². The van der Waals surface area contributed by atoms with Gasteiger partial charge in [-0.3, -0.25) is 0 Å². The van der Waals surface area contributed by atoms with Crippen molar-refractivity contribution in [1.82, 2.24) is 4.98 Å². The van der Waals surface area contributed by atoms with Crippen molar-refractivity contribution in [3.05, 3.63) is 57.5 Å². The third-order valence-corrected chi connectivity index (χ3v) is 4.96. The van der Waals surface area contributed by atoms with Crippen molar-refractivity contribution in [2.45, 2.75) is 0 Å². The fourth-order valence-electron chi connectivity index (χ4n) is 2.26. The molecule has 3 aromatic rings. The van der Waals surface area contributed by atoms with E-state index in [9.17, 15) is 0 Å². The summed E-state index contributed by atoms with van der Waals surface area (Å²) in [5.74, 6) is 0. The molecule has 0 amide bonds. The van der Waals surface area contributed by atoms with Crippen molar-refractivity contribution < 1.29 is 0 Å². The lowest BCUT2D eigenvalue weighted by Crippen LogP contribution is -2.07. The normalized spacial score (nSPS) is 10.7. The lowest BCUT2D eigenvalue weighted by Gasteiger charge is -2.12. The van der Waals surface area contributed by atoms with E-state index >= 15 is 0 Å². The van der Waals surface area contributed by atoms with Gasteiger partial charge in [-0.2, -0.15) is 0 Å². The Hall–Kier alpha value is -1.62. The average Bonchev–Trinajstić information content (AvgIpc) is 2.90. The minimum absolute atomic E-state index is 0.736. The van der Waals surface area contributed by atoms with Crippen molar-refractivity contribution in [3.8, 4) is 21.7 Å². The highest BCUT2D eigenvalue weighted by Crippen LogP contribution is 2.36. The van der Waals surface area contributed by atoms with Crippen molar-refractivity contribution >= 4 is 40.8 Å². The van der Waals surface area contributed by atoms with Crippen LogP contribution in [0.5, 0.6) is 0 Å². The second-order valence-corrected chi connectivity index (χ2v) is 7.29. The third kappa shape index (κ3) is 3.09. The molecule has 2 nitrogen and oxygen atoms in total. The zero-order valence-corrected chi connectivity index (χ0v) is 14.6. The van der Waals surface area contributed by atoms with Crippen molar-refractivity contribution in [3.63, 3.8) is 0 Å². The van der Waals surface area contributed by atoms with Crippen molar-refractivity contribution in [2.75, 3.05) is 19.0 Å². The Morgan fingerprint density at radius 2 is 1.55 bits per heavy atom. The molecule has 0 atom stereocenters. The van der Waals surface area contributed by atoms with Crippen molar-refractivity contribution in [1.29, 1.82) is 0 Å². The number of H-pyrrole nitrogens is 1. The van der Waals surface area contributed by atoms with E-state index in [-0.39, 0.29) is 0 Å². The Bertz CT molecular complexity index is 830. The maximum atomic E-state index is 5.98. The zero-order chi connectivity index (χ0) is 15.7. The Morgan fingerprint density at radius 3 is 2.14 bits per heavy atom. The van der Waals surface area contributed by atoms with Crippen LogP contribution in [0.15, 0.2) is 48.5 Å². The molecule has 0 bridgehead atoms. The molecular weight excluding hydrogens is 332 g/mol. The summed E-state index contributed by atoms with van der Waals surface area (Å²) in [6.07, 6.45) is 0. The summed E-state index contributed by atoms with van der Waals surface area (Å²) < 4.78 is 0.775. The molecule has 5 heteroatoms. The van der Waals surface area contributed by atoms with Crippen LogP contribution in [0, 0.1) is 3.95 Å². The fourth-order valence-corrected chi connectivity index (χ4v) is 3.60. The molecule has 112 valence electrons. The number of halogens is 1. The van der Waals surface area contributed by atoms with Crippen LogP contribution in [-0.4, -0.2) is 19.1 Å². The van der Waals surface area contributed by atoms with E-state index in [2.05, 4.69) is 34.1 Å². The largest absolute Gasteiger partial charge is 0.378 e. The van der Waals surface area contributed by atoms with E-state index in [0.717, 1.165) is 30.7 Å². The maximum Gasteiger partial charge on any atom is 0.159 e. The number of thiazole rings is 1. The quantitative estimate of drug-likeness (QED) is 0.599.